The maximum Gasteiger partial charge on any atom is 0.134 e. The Morgan fingerprint density at radius 2 is 1.94 bits per heavy atom. The van der Waals surface area contributed by atoms with E-state index in [4.69, 9.17) is 15.2 Å². The van der Waals surface area contributed by atoms with Gasteiger partial charge in [0, 0.05) is 13.7 Å². The fraction of sp³-hybridized carbons (Fsp3) is 0.538. The summed E-state index contributed by atoms with van der Waals surface area (Å²) < 4.78 is 10.9. The summed E-state index contributed by atoms with van der Waals surface area (Å²) in [6.07, 6.45) is -0.0788. The number of hydrogen-bond donors (Lipinski definition) is 1. The Hall–Kier alpha value is -1.06. The normalized spacial score (nSPS) is 12.8. The lowest BCUT2D eigenvalue weighted by molar-refractivity contribution is 0.0852. The van der Waals surface area contributed by atoms with Gasteiger partial charge in [-0.1, -0.05) is 32.0 Å². The minimum absolute atomic E-state index is 0.0788. The Morgan fingerprint density at radius 3 is 2.50 bits per heavy atom. The second-order valence-corrected chi connectivity index (χ2v) is 4.12. The van der Waals surface area contributed by atoms with Gasteiger partial charge in [-0.05, 0) is 17.5 Å². The number of nitrogens with two attached hydrogens (primary N) is 1. The van der Waals surface area contributed by atoms with Crippen molar-refractivity contribution in [3.05, 3.63) is 29.8 Å². The Bertz CT molecular complexity index is 313. The zero-order chi connectivity index (χ0) is 12.0. The maximum absolute atomic E-state index is 5.85. The third-order valence-electron chi connectivity index (χ3n) is 2.45. The molecule has 90 valence electrons. The number of hydrogen-bond acceptors (Lipinski definition) is 3. The molecule has 1 rings (SSSR count). The van der Waals surface area contributed by atoms with Crippen LogP contribution in [-0.4, -0.2) is 26.4 Å². The van der Waals surface area contributed by atoms with E-state index >= 15 is 0 Å². The van der Waals surface area contributed by atoms with Crippen LogP contribution in [0, 0.1) is 0 Å². The molecule has 3 nitrogen and oxygen atoms in total. The summed E-state index contributed by atoms with van der Waals surface area (Å²) in [6.45, 7) is 5.27. The van der Waals surface area contributed by atoms with Crippen LogP contribution in [0.25, 0.3) is 0 Å². The minimum Gasteiger partial charge on any atom is -0.486 e. The highest BCUT2D eigenvalue weighted by Gasteiger charge is 2.12. The predicted molar refractivity (Wildman–Crippen MR) is 65.9 cm³/mol. The first-order chi connectivity index (χ1) is 7.69. The smallest absolute Gasteiger partial charge is 0.134 e. The standard InChI is InChI=1S/C13H21NO2/c1-10(2)12-6-4-5-7-13(12)16-11(8-14)9-15-3/h4-7,10-11H,8-9,14H2,1-3H3. The molecule has 0 saturated carbocycles. The van der Waals surface area contributed by atoms with E-state index in [0.717, 1.165) is 5.75 Å². The Balaban J connectivity index is 2.78. The summed E-state index contributed by atoms with van der Waals surface area (Å²) in [6, 6.07) is 8.06. The van der Waals surface area contributed by atoms with Crippen LogP contribution in [0.4, 0.5) is 0 Å². The van der Waals surface area contributed by atoms with Gasteiger partial charge in [0.05, 0.1) is 6.61 Å². The molecule has 1 unspecified atom stereocenters. The van der Waals surface area contributed by atoms with Crippen LogP contribution < -0.4 is 10.5 Å². The molecule has 1 aromatic carbocycles. The summed E-state index contributed by atoms with van der Waals surface area (Å²) >= 11 is 0. The lowest BCUT2D eigenvalue weighted by Crippen LogP contribution is -2.31. The molecule has 3 heteroatoms. The van der Waals surface area contributed by atoms with E-state index in [0.29, 0.717) is 19.1 Å². The summed E-state index contributed by atoms with van der Waals surface area (Å²) in [4.78, 5) is 0. The first-order valence-electron chi connectivity index (χ1n) is 5.63. The summed E-state index contributed by atoms with van der Waals surface area (Å²) in [7, 11) is 1.65. The van der Waals surface area contributed by atoms with E-state index in [1.807, 2.05) is 18.2 Å². The zero-order valence-corrected chi connectivity index (χ0v) is 10.3. The van der Waals surface area contributed by atoms with Gasteiger partial charge in [-0.15, -0.1) is 0 Å². The maximum atomic E-state index is 5.85. The van der Waals surface area contributed by atoms with Crippen LogP contribution >= 0.6 is 0 Å². The molecule has 0 heterocycles. The quantitative estimate of drug-likeness (QED) is 0.803. The van der Waals surface area contributed by atoms with Gasteiger partial charge < -0.3 is 15.2 Å². The van der Waals surface area contributed by atoms with E-state index in [1.54, 1.807) is 7.11 Å². The van der Waals surface area contributed by atoms with Crippen molar-refractivity contribution in [2.24, 2.45) is 5.73 Å². The van der Waals surface area contributed by atoms with Gasteiger partial charge in [0.1, 0.15) is 11.9 Å². The minimum atomic E-state index is -0.0788. The molecule has 0 bridgehead atoms. The number of rotatable bonds is 6. The third kappa shape index (κ3) is 3.51. The molecule has 1 atom stereocenters. The van der Waals surface area contributed by atoms with Crippen LogP contribution in [-0.2, 0) is 4.74 Å². The van der Waals surface area contributed by atoms with Crippen LogP contribution in [0.15, 0.2) is 24.3 Å². The number of ether oxygens (including phenoxy) is 2. The van der Waals surface area contributed by atoms with Crippen molar-refractivity contribution in [3.63, 3.8) is 0 Å². The number of methoxy groups -OCH3 is 1. The largest absolute Gasteiger partial charge is 0.486 e. The van der Waals surface area contributed by atoms with Gasteiger partial charge in [-0.3, -0.25) is 0 Å². The van der Waals surface area contributed by atoms with E-state index in [2.05, 4.69) is 19.9 Å². The van der Waals surface area contributed by atoms with Gasteiger partial charge in [-0.25, -0.2) is 0 Å². The van der Waals surface area contributed by atoms with Crippen molar-refractivity contribution in [2.75, 3.05) is 20.3 Å². The zero-order valence-electron chi connectivity index (χ0n) is 10.3. The lowest BCUT2D eigenvalue weighted by Gasteiger charge is -2.20. The molecule has 0 aliphatic heterocycles. The molecular formula is C13H21NO2. The molecule has 0 fully saturated rings. The molecule has 0 radical (unpaired) electrons. The van der Waals surface area contributed by atoms with Gasteiger partial charge in [0.15, 0.2) is 0 Å². The van der Waals surface area contributed by atoms with Crippen molar-refractivity contribution in [1.82, 2.24) is 0 Å². The van der Waals surface area contributed by atoms with Crippen molar-refractivity contribution in [1.29, 1.82) is 0 Å². The van der Waals surface area contributed by atoms with Crippen molar-refractivity contribution < 1.29 is 9.47 Å². The second-order valence-electron chi connectivity index (χ2n) is 4.12. The Kier molecular flexibility index (Phi) is 5.29. The van der Waals surface area contributed by atoms with Gasteiger partial charge in [-0.2, -0.15) is 0 Å². The second kappa shape index (κ2) is 6.51. The number of para-hydroxylation sites is 1. The molecule has 0 aliphatic carbocycles. The van der Waals surface area contributed by atoms with Crippen LogP contribution in [0.2, 0.25) is 0 Å². The first-order valence-corrected chi connectivity index (χ1v) is 5.63. The topological polar surface area (TPSA) is 44.5 Å². The van der Waals surface area contributed by atoms with Crippen LogP contribution in [0.3, 0.4) is 0 Å². The highest BCUT2D eigenvalue weighted by molar-refractivity contribution is 5.35. The third-order valence-corrected chi connectivity index (χ3v) is 2.45. The van der Waals surface area contributed by atoms with Crippen LogP contribution in [0.1, 0.15) is 25.3 Å². The fourth-order valence-corrected chi connectivity index (χ4v) is 1.58. The van der Waals surface area contributed by atoms with Gasteiger partial charge >= 0.3 is 0 Å². The SMILES string of the molecule is COCC(CN)Oc1ccccc1C(C)C. The summed E-state index contributed by atoms with van der Waals surface area (Å²) in [5.41, 5.74) is 6.83. The molecule has 0 spiro atoms. The molecule has 1 aromatic rings. The molecule has 0 saturated heterocycles. The van der Waals surface area contributed by atoms with Crippen LogP contribution in [0.5, 0.6) is 5.75 Å². The fourth-order valence-electron chi connectivity index (χ4n) is 1.58. The van der Waals surface area contributed by atoms with Gasteiger partial charge in [0.25, 0.3) is 0 Å². The summed E-state index contributed by atoms with van der Waals surface area (Å²) in [5.74, 6) is 1.35. The lowest BCUT2D eigenvalue weighted by atomic mass is 10.0. The van der Waals surface area contributed by atoms with E-state index in [1.165, 1.54) is 5.56 Å². The Morgan fingerprint density at radius 1 is 1.25 bits per heavy atom. The summed E-state index contributed by atoms with van der Waals surface area (Å²) in [5, 5.41) is 0. The van der Waals surface area contributed by atoms with E-state index in [-0.39, 0.29) is 6.10 Å². The monoisotopic (exact) mass is 223 g/mol. The van der Waals surface area contributed by atoms with Crippen molar-refractivity contribution in [3.8, 4) is 5.75 Å². The van der Waals surface area contributed by atoms with Crippen molar-refractivity contribution in [2.45, 2.75) is 25.9 Å². The Labute approximate surface area is 97.6 Å². The first kappa shape index (κ1) is 13.0. The van der Waals surface area contributed by atoms with Gasteiger partial charge in [0.2, 0.25) is 0 Å². The van der Waals surface area contributed by atoms with E-state index in [9.17, 15) is 0 Å². The average molecular weight is 223 g/mol. The molecule has 0 amide bonds. The highest BCUT2D eigenvalue weighted by atomic mass is 16.5. The van der Waals surface area contributed by atoms with Crippen molar-refractivity contribution >= 4 is 0 Å². The van der Waals surface area contributed by atoms with E-state index < -0.39 is 0 Å². The molecule has 2 N–H and O–H groups in total. The molecular weight excluding hydrogens is 202 g/mol. The molecule has 0 aromatic heterocycles. The number of benzene rings is 1. The predicted octanol–water partition coefficient (Wildman–Crippen LogP) is 2.16. The molecule has 0 aliphatic rings. The average Bonchev–Trinajstić information content (AvgIpc) is 2.29. The highest BCUT2D eigenvalue weighted by Crippen LogP contribution is 2.26. The molecule has 16 heavy (non-hydrogen) atoms.